The Morgan fingerprint density at radius 3 is 2.61 bits per heavy atom. The van der Waals surface area contributed by atoms with E-state index in [4.69, 9.17) is 5.73 Å². The molecule has 0 spiro atoms. The monoisotopic (exact) mass is 249 g/mol. The third-order valence-corrected chi connectivity index (χ3v) is 2.34. The summed E-state index contributed by atoms with van der Waals surface area (Å²) in [5.41, 5.74) is 6.46. The summed E-state index contributed by atoms with van der Waals surface area (Å²) in [5.74, 6) is -0.0601. The van der Waals surface area contributed by atoms with Gasteiger partial charge in [0.25, 0.3) is 0 Å². The fourth-order valence-corrected chi connectivity index (χ4v) is 1.38. The molecule has 0 aliphatic heterocycles. The number of hydrogen-bond acceptors (Lipinski definition) is 2. The lowest BCUT2D eigenvalue weighted by molar-refractivity contribution is 0.1000. The second-order valence-electron chi connectivity index (χ2n) is 4.52. The van der Waals surface area contributed by atoms with Crippen LogP contribution in [0.15, 0.2) is 24.3 Å². The molecule has 0 fully saturated rings. The van der Waals surface area contributed by atoms with Gasteiger partial charge in [-0.1, -0.05) is 26.0 Å². The van der Waals surface area contributed by atoms with Crippen LogP contribution in [0.1, 0.15) is 29.8 Å². The molecule has 1 aromatic carbocycles. The van der Waals surface area contributed by atoms with Gasteiger partial charge in [0.15, 0.2) is 0 Å². The zero-order valence-corrected chi connectivity index (χ0v) is 10.7. The number of rotatable bonds is 5. The van der Waals surface area contributed by atoms with Crippen molar-refractivity contribution >= 4 is 11.9 Å². The molecule has 98 valence electrons. The van der Waals surface area contributed by atoms with Crippen molar-refractivity contribution in [3.8, 4) is 0 Å². The van der Waals surface area contributed by atoms with Crippen molar-refractivity contribution in [1.82, 2.24) is 10.6 Å². The lowest BCUT2D eigenvalue weighted by Gasteiger charge is -2.09. The van der Waals surface area contributed by atoms with Crippen molar-refractivity contribution in [2.24, 2.45) is 11.7 Å². The lowest BCUT2D eigenvalue weighted by Crippen LogP contribution is -2.37. The van der Waals surface area contributed by atoms with Gasteiger partial charge in [-0.15, -0.1) is 0 Å². The third-order valence-electron chi connectivity index (χ3n) is 2.34. The van der Waals surface area contributed by atoms with Gasteiger partial charge in [0.2, 0.25) is 5.91 Å². The van der Waals surface area contributed by atoms with E-state index in [1.54, 1.807) is 18.2 Å². The molecular formula is C13H19N3O2. The molecule has 0 bridgehead atoms. The summed E-state index contributed by atoms with van der Waals surface area (Å²) in [5, 5.41) is 5.47. The summed E-state index contributed by atoms with van der Waals surface area (Å²) in [7, 11) is 0. The number of hydrogen-bond donors (Lipinski definition) is 3. The Morgan fingerprint density at radius 2 is 2.00 bits per heavy atom. The fraction of sp³-hybridized carbons (Fsp3) is 0.385. The van der Waals surface area contributed by atoms with Crippen LogP contribution in [-0.2, 0) is 6.54 Å². The van der Waals surface area contributed by atoms with Gasteiger partial charge in [-0.3, -0.25) is 4.79 Å². The normalized spacial score (nSPS) is 10.2. The molecule has 4 N–H and O–H groups in total. The minimum absolute atomic E-state index is 0.215. The molecule has 0 saturated carbocycles. The van der Waals surface area contributed by atoms with E-state index in [2.05, 4.69) is 10.6 Å². The molecular weight excluding hydrogens is 230 g/mol. The van der Waals surface area contributed by atoms with E-state index in [-0.39, 0.29) is 6.03 Å². The van der Waals surface area contributed by atoms with E-state index in [0.29, 0.717) is 24.6 Å². The van der Waals surface area contributed by atoms with Crippen LogP contribution in [0.25, 0.3) is 0 Å². The molecule has 3 amide bonds. The maximum atomic E-state index is 11.4. The van der Waals surface area contributed by atoms with Crippen LogP contribution in [0, 0.1) is 5.92 Å². The SMILES string of the molecule is CC(C)CNC(=O)NCc1cccc(C(N)=O)c1. The highest BCUT2D eigenvalue weighted by Crippen LogP contribution is 2.04. The van der Waals surface area contributed by atoms with E-state index in [0.717, 1.165) is 5.56 Å². The van der Waals surface area contributed by atoms with Gasteiger partial charge in [0, 0.05) is 18.7 Å². The average molecular weight is 249 g/mol. The Labute approximate surface area is 107 Å². The van der Waals surface area contributed by atoms with Crippen molar-refractivity contribution < 1.29 is 9.59 Å². The Hall–Kier alpha value is -2.04. The number of primary amides is 1. The molecule has 0 heterocycles. The topological polar surface area (TPSA) is 84.2 Å². The average Bonchev–Trinajstić information content (AvgIpc) is 2.34. The van der Waals surface area contributed by atoms with Gasteiger partial charge in [0.05, 0.1) is 0 Å². The lowest BCUT2D eigenvalue weighted by atomic mass is 10.1. The second kappa shape index (κ2) is 6.64. The molecule has 0 aromatic heterocycles. The van der Waals surface area contributed by atoms with Gasteiger partial charge in [-0.2, -0.15) is 0 Å². The molecule has 0 aliphatic carbocycles. The number of carbonyl (C=O) groups is 2. The molecule has 0 aliphatic rings. The van der Waals surface area contributed by atoms with Crippen LogP contribution in [-0.4, -0.2) is 18.5 Å². The Morgan fingerprint density at radius 1 is 1.28 bits per heavy atom. The second-order valence-corrected chi connectivity index (χ2v) is 4.52. The minimum atomic E-state index is -0.471. The first-order valence-corrected chi connectivity index (χ1v) is 5.89. The van der Waals surface area contributed by atoms with Crippen molar-refractivity contribution in [1.29, 1.82) is 0 Å². The summed E-state index contributed by atoms with van der Waals surface area (Å²) in [6.45, 7) is 5.05. The fourth-order valence-electron chi connectivity index (χ4n) is 1.38. The minimum Gasteiger partial charge on any atom is -0.366 e. The van der Waals surface area contributed by atoms with E-state index >= 15 is 0 Å². The first kappa shape index (κ1) is 14.0. The zero-order valence-electron chi connectivity index (χ0n) is 10.7. The van der Waals surface area contributed by atoms with Crippen LogP contribution in [0.3, 0.4) is 0 Å². The summed E-state index contributed by atoms with van der Waals surface area (Å²) in [6.07, 6.45) is 0. The number of nitrogens with two attached hydrogens (primary N) is 1. The predicted octanol–water partition coefficient (Wildman–Crippen LogP) is 1.24. The first-order chi connectivity index (χ1) is 8.49. The molecule has 0 atom stereocenters. The summed E-state index contributed by atoms with van der Waals surface area (Å²) < 4.78 is 0. The van der Waals surface area contributed by atoms with E-state index in [1.807, 2.05) is 19.9 Å². The largest absolute Gasteiger partial charge is 0.366 e. The summed E-state index contributed by atoms with van der Waals surface area (Å²) >= 11 is 0. The van der Waals surface area contributed by atoms with Gasteiger partial charge >= 0.3 is 6.03 Å². The predicted molar refractivity (Wildman–Crippen MR) is 70.0 cm³/mol. The molecule has 0 unspecified atom stereocenters. The zero-order chi connectivity index (χ0) is 13.5. The number of amides is 3. The highest BCUT2D eigenvalue weighted by atomic mass is 16.2. The molecule has 0 radical (unpaired) electrons. The number of carbonyl (C=O) groups excluding carboxylic acids is 2. The maximum absolute atomic E-state index is 11.4. The van der Waals surface area contributed by atoms with Gasteiger partial charge in [-0.25, -0.2) is 4.79 Å². The Bertz CT molecular complexity index is 430. The summed E-state index contributed by atoms with van der Waals surface area (Å²) in [6, 6.07) is 6.67. The van der Waals surface area contributed by atoms with Gasteiger partial charge < -0.3 is 16.4 Å². The molecule has 1 rings (SSSR count). The smallest absolute Gasteiger partial charge is 0.315 e. The number of benzene rings is 1. The first-order valence-electron chi connectivity index (χ1n) is 5.89. The van der Waals surface area contributed by atoms with Crippen LogP contribution in [0.2, 0.25) is 0 Å². The highest BCUT2D eigenvalue weighted by Gasteiger charge is 2.04. The van der Waals surface area contributed by atoms with E-state index < -0.39 is 5.91 Å². The maximum Gasteiger partial charge on any atom is 0.315 e. The van der Waals surface area contributed by atoms with Gasteiger partial charge in [0.1, 0.15) is 0 Å². The summed E-state index contributed by atoms with van der Waals surface area (Å²) in [4.78, 5) is 22.4. The van der Waals surface area contributed by atoms with Crippen molar-refractivity contribution in [2.45, 2.75) is 20.4 Å². The van der Waals surface area contributed by atoms with Crippen LogP contribution in [0.4, 0.5) is 4.79 Å². The quantitative estimate of drug-likeness (QED) is 0.733. The molecule has 0 saturated heterocycles. The Balaban J connectivity index is 2.46. The third kappa shape index (κ3) is 4.86. The van der Waals surface area contributed by atoms with E-state index in [9.17, 15) is 9.59 Å². The van der Waals surface area contributed by atoms with Crippen molar-refractivity contribution in [2.75, 3.05) is 6.54 Å². The molecule has 1 aromatic rings. The van der Waals surface area contributed by atoms with Crippen molar-refractivity contribution in [3.63, 3.8) is 0 Å². The van der Waals surface area contributed by atoms with Crippen LogP contribution < -0.4 is 16.4 Å². The molecule has 5 heteroatoms. The number of nitrogens with one attached hydrogen (secondary N) is 2. The van der Waals surface area contributed by atoms with Crippen LogP contribution >= 0.6 is 0 Å². The molecule has 18 heavy (non-hydrogen) atoms. The van der Waals surface area contributed by atoms with Gasteiger partial charge in [-0.05, 0) is 23.6 Å². The standard InChI is InChI=1S/C13H19N3O2/c1-9(2)7-15-13(18)16-8-10-4-3-5-11(6-10)12(14)17/h3-6,9H,7-8H2,1-2H3,(H2,14,17)(H2,15,16,18). The Kier molecular flexibility index (Phi) is 5.17. The highest BCUT2D eigenvalue weighted by molar-refractivity contribution is 5.92. The van der Waals surface area contributed by atoms with Crippen molar-refractivity contribution in [3.05, 3.63) is 35.4 Å². The number of urea groups is 1. The van der Waals surface area contributed by atoms with Crippen LogP contribution in [0.5, 0.6) is 0 Å². The van der Waals surface area contributed by atoms with E-state index in [1.165, 1.54) is 0 Å². The molecule has 5 nitrogen and oxygen atoms in total.